The van der Waals surface area contributed by atoms with Gasteiger partial charge in [-0.15, -0.1) is 0 Å². The Morgan fingerprint density at radius 1 is 1.19 bits per heavy atom. The maximum absolute atomic E-state index is 12.2. The lowest BCUT2D eigenvalue weighted by Crippen LogP contribution is -2.23. The van der Waals surface area contributed by atoms with Gasteiger partial charge in [-0.2, -0.15) is 5.26 Å². The number of fused-ring (bicyclic) bond motifs is 1. The normalized spacial score (nSPS) is 13.1. The van der Waals surface area contributed by atoms with Crippen molar-refractivity contribution in [2.24, 2.45) is 0 Å². The van der Waals surface area contributed by atoms with Gasteiger partial charge >= 0.3 is 0 Å². The summed E-state index contributed by atoms with van der Waals surface area (Å²) in [5.41, 5.74) is 2.30. The van der Waals surface area contributed by atoms with E-state index >= 15 is 0 Å². The van der Waals surface area contributed by atoms with Crippen LogP contribution in [0.3, 0.4) is 0 Å². The van der Waals surface area contributed by atoms with E-state index in [0.717, 1.165) is 27.6 Å². The summed E-state index contributed by atoms with van der Waals surface area (Å²) in [6.45, 7) is 3.84. The molecule has 3 rings (SSSR count). The number of aromatic amines is 1. The third-order valence-corrected chi connectivity index (χ3v) is 5.21. The predicted octanol–water partition coefficient (Wildman–Crippen LogP) is 4.78. The molecule has 1 aromatic heterocycles. The van der Waals surface area contributed by atoms with Crippen molar-refractivity contribution in [1.29, 1.82) is 5.26 Å². The van der Waals surface area contributed by atoms with Gasteiger partial charge < -0.3 is 9.72 Å². The molecule has 0 aliphatic rings. The Bertz CT molecular complexity index is 1100. The van der Waals surface area contributed by atoms with Gasteiger partial charge in [-0.05, 0) is 66.6 Å². The van der Waals surface area contributed by atoms with Crippen LogP contribution in [0.1, 0.15) is 30.5 Å². The lowest BCUT2D eigenvalue weighted by molar-refractivity contribution is 0.406. The monoisotopic (exact) mass is 380 g/mol. The molecular weight excluding hydrogens is 360 g/mol. The topological polar surface area (TPSA) is 65.9 Å². The summed E-state index contributed by atoms with van der Waals surface area (Å²) in [5.74, 6) is 0.697. The van der Waals surface area contributed by atoms with Crippen LogP contribution in [0.15, 0.2) is 47.3 Å². The van der Waals surface area contributed by atoms with Crippen LogP contribution in [-0.2, 0) is 18.3 Å². The first-order valence-electron chi connectivity index (χ1n) is 8.80. The van der Waals surface area contributed by atoms with Crippen molar-refractivity contribution < 1.29 is 4.74 Å². The van der Waals surface area contributed by atoms with Crippen LogP contribution in [0.5, 0.6) is 5.75 Å². The molecule has 4 nitrogen and oxygen atoms in total. The Morgan fingerprint density at radius 2 is 1.96 bits per heavy atom. The van der Waals surface area contributed by atoms with Crippen LogP contribution in [0, 0.1) is 11.3 Å². The largest absolute Gasteiger partial charge is 0.496 e. The maximum Gasteiger partial charge on any atom is 0.251 e. The SMILES string of the molecule is CCc1cc2ccc(C(C)(C#N)Cc3cc(Cl)ccc3OC)cc2[nH]c1=O. The van der Waals surface area contributed by atoms with Crippen molar-refractivity contribution in [3.8, 4) is 11.8 Å². The Morgan fingerprint density at radius 3 is 2.63 bits per heavy atom. The first-order valence-corrected chi connectivity index (χ1v) is 9.18. The Hall–Kier alpha value is -2.77. The zero-order chi connectivity index (χ0) is 19.6. The number of nitrogens with zero attached hydrogens (tertiary/aromatic N) is 1. The molecule has 0 aliphatic heterocycles. The number of ether oxygens (including phenoxy) is 1. The van der Waals surface area contributed by atoms with Gasteiger partial charge in [0.15, 0.2) is 0 Å². The molecule has 0 amide bonds. The molecule has 0 radical (unpaired) electrons. The van der Waals surface area contributed by atoms with Crippen LogP contribution in [0.4, 0.5) is 0 Å². The maximum atomic E-state index is 12.2. The minimum absolute atomic E-state index is 0.0858. The highest BCUT2D eigenvalue weighted by Gasteiger charge is 2.29. The van der Waals surface area contributed by atoms with Crippen LogP contribution >= 0.6 is 11.6 Å². The van der Waals surface area contributed by atoms with Gasteiger partial charge in [0.05, 0.1) is 18.6 Å². The standard InChI is InChI=1S/C22H21ClN2O2/c1-4-14-9-15-5-6-17(11-19(15)25-21(14)26)22(2,13-24)12-16-10-18(23)7-8-20(16)27-3/h5-11H,4,12H2,1-3H3,(H,25,26). The highest BCUT2D eigenvalue weighted by atomic mass is 35.5. The highest BCUT2D eigenvalue weighted by Crippen LogP contribution is 2.34. The van der Waals surface area contributed by atoms with Crippen molar-refractivity contribution >= 4 is 22.5 Å². The Kier molecular flexibility index (Phi) is 5.25. The number of nitriles is 1. The highest BCUT2D eigenvalue weighted by molar-refractivity contribution is 6.30. The molecule has 0 fully saturated rings. The lowest BCUT2D eigenvalue weighted by Gasteiger charge is -2.24. The second-order valence-electron chi connectivity index (χ2n) is 6.86. The van der Waals surface area contributed by atoms with Crippen molar-refractivity contribution in [2.75, 3.05) is 7.11 Å². The number of methoxy groups -OCH3 is 1. The molecule has 1 atom stereocenters. The van der Waals surface area contributed by atoms with Crippen molar-refractivity contribution in [3.63, 3.8) is 0 Å². The molecule has 1 heterocycles. The van der Waals surface area contributed by atoms with E-state index in [-0.39, 0.29) is 5.56 Å². The molecule has 138 valence electrons. The van der Waals surface area contributed by atoms with E-state index in [1.807, 2.05) is 44.2 Å². The fraction of sp³-hybridized carbons (Fsp3) is 0.273. The van der Waals surface area contributed by atoms with Crippen molar-refractivity contribution in [3.05, 3.63) is 74.5 Å². The average molecular weight is 381 g/mol. The van der Waals surface area contributed by atoms with Gasteiger partial charge in [0.2, 0.25) is 0 Å². The van der Waals surface area contributed by atoms with Gasteiger partial charge in [-0.1, -0.05) is 30.7 Å². The van der Waals surface area contributed by atoms with Gasteiger partial charge in [0.1, 0.15) is 5.75 Å². The summed E-state index contributed by atoms with van der Waals surface area (Å²) in [4.78, 5) is 15.1. The number of halogens is 1. The summed E-state index contributed by atoms with van der Waals surface area (Å²) in [6, 6.07) is 15.5. The smallest absolute Gasteiger partial charge is 0.251 e. The first-order chi connectivity index (χ1) is 12.9. The number of hydrogen-bond donors (Lipinski definition) is 1. The number of nitrogens with one attached hydrogen (secondary N) is 1. The molecular formula is C22H21ClN2O2. The molecule has 0 bridgehead atoms. The second kappa shape index (κ2) is 7.46. The molecule has 0 saturated heterocycles. The zero-order valence-corrected chi connectivity index (χ0v) is 16.4. The fourth-order valence-corrected chi connectivity index (χ4v) is 3.52. The molecule has 1 N–H and O–H groups in total. The number of pyridine rings is 1. The van der Waals surface area contributed by atoms with Gasteiger partial charge in [-0.25, -0.2) is 0 Å². The molecule has 5 heteroatoms. The minimum Gasteiger partial charge on any atom is -0.496 e. The summed E-state index contributed by atoms with van der Waals surface area (Å²) < 4.78 is 5.42. The molecule has 0 spiro atoms. The van der Waals surface area contributed by atoms with Crippen LogP contribution in [0.2, 0.25) is 5.02 Å². The number of H-pyrrole nitrogens is 1. The van der Waals surface area contributed by atoms with Gasteiger partial charge in [0.25, 0.3) is 5.56 Å². The molecule has 1 unspecified atom stereocenters. The van der Waals surface area contributed by atoms with Crippen LogP contribution in [-0.4, -0.2) is 12.1 Å². The summed E-state index contributed by atoms with van der Waals surface area (Å²) >= 11 is 6.14. The van der Waals surface area contributed by atoms with E-state index in [0.29, 0.717) is 23.6 Å². The summed E-state index contributed by atoms with van der Waals surface area (Å²) in [6.07, 6.45) is 1.12. The van der Waals surface area contributed by atoms with E-state index in [4.69, 9.17) is 16.3 Å². The van der Waals surface area contributed by atoms with Crippen molar-refractivity contribution in [1.82, 2.24) is 4.98 Å². The third-order valence-electron chi connectivity index (χ3n) is 4.97. The average Bonchev–Trinajstić information content (AvgIpc) is 2.67. The second-order valence-corrected chi connectivity index (χ2v) is 7.29. The van der Waals surface area contributed by atoms with Crippen LogP contribution < -0.4 is 10.3 Å². The molecule has 0 aliphatic carbocycles. The lowest BCUT2D eigenvalue weighted by atomic mass is 9.78. The van der Waals surface area contributed by atoms with E-state index in [1.165, 1.54) is 0 Å². The first kappa shape index (κ1) is 19.0. The van der Waals surface area contributed by atoms with Gasteiger partial charge in [0, 0.05) is 16.1 Å². The number of benzene rings is 2. The summed E-state index contributed by atoms with van der Waals surface area (Å²) in [7, 11) is 1.60. The number of aryl methyl sites for hydroxylation is 1. The number of rotatable bonds is 5. The fourth-order valence-electron chi connectivity index (χ4n) is 3.32. The molecule has 27 heavy (non-hydrogen) atoms. The van der Waals surface area contributed by atoms with Crippen LogP contribution in [0.25, 0.3) is 10.9 Å². The summed E-state index contributed by atoms with van der Waals surface area (Å²) in [5, 5.41) is 11.5. The zero-order valence-electron chi connectivity index (χ0n) is 15.6. The predicted molar refractivity (Wildman–Crippen MR) is 109 cm³/mol. The Balaban J connectivity index is 2.08. The van der Waals surface area contributed by atoms with E-state index in [2.05, 4.69) is 11.1 Å². The van der Waals surface area contributed by atoms with Gasteiger partial charge in [-0.3, -0.25) is 4.79 Å². The van der Waals surface area contributed by atoms with E-state index in [9.17, 15) is 10.1 Å². The molecule has 3 aromatic rings. The molecule has 2 aromatic carbocycles. The van der Waals surface area contributed by atoms with E-state index in [1.54, 1.807) is 19.2 Å². The molecule has 0 saturated carbocycles. The van der Waals surface area contributed by atoms with E-state index < -0.39 is 5.41 Å². The Labute approximate surface area is 163 Å². The quantitative estimate of drug-likeness (QED) is 0.692. The number of hydrogen-bond acceptors (Lipinski definition) is 3. The van der Waals surface area contributed by atoms with Crippen molar-refractivity contribution in [2.45, 2.75) is 32.1 Å². The minimum atomic E-state index is -0.799. The third kappa shape index (κ3) is 3.70. The number of aromatic nitrogens is 1.